The second-order valence-electron chi connectivity index (χ2n) is 7.47. The number of ether oxygens (including phenoxy) is 1. The molecule has 0 spiro atoms. The number of aromatic nitrogens is 4. The number of benzene rings is 2. The summed E-state index contributed by atoms with van der Waals surface area (Å²) in [4.78, 5) is 20.8. The Balaban J connectivity index is 1.40. The van der Waals surface area contributed by atoms with Crippen molar-refractivity contribution in [2.45, 2.75) is 26.2 Å². The van der Waals surface area contributed by atoms with E-state index in [4.69, 9.17) is 4.74 Å². The molecule has 1 N–H and O–H groups in total. The van der Waals surface area contributed by atoms with Crippen molar-refractivity contribution in [3.05, 3.63) is 89.8 Å². The van der Waals surface area contributed by atoms with Crippen LogP contribution in [0, 0.1) is 5.82 Å². The minimum atomic E-state index is -0.442. The van der Waals surface area contributed by atoms with Gasteiger partial charge in [0, 0.05) is 42.5 Å². The quantitative estimate of drug-likeness (QED) is 0.368. The van der Waals surface area contributed by atoms with Crippen molar-refractivity contribution in [2.75, 3.05) is 12.4 Å². The molecular formula is C25H24FN5O2. The van der Waals surface area contributed by atoms with Crippen LogP contribution in [0.3, 0.4) is 0 Å². The van der Waals surface area contributed by atoms with Crippen LogP contribution in [-0.4, -0.2) is 32.6 Å². The van der Waals surface area contributed by atoms with Crippen LogP contribution in [0.1, 0.15) is 34.8 Å². The van der Waals surface area contributed by atoms with Crippen molar-refractivity contribution in [2.24, 2.45) is 0 Å². The molecule has 0 aliphatic rings. The minimum Gasteiger partial charge on any atom is -0.494 e. The van der Waals surface area contributed by atoms with Gasteiger partial charge in [0.05, 0.1) is 12.8 Å². The van der Waals surface area contributed by atoms with Gasteiger partial charge in [-0.05, 0) is 66.4 Å². The van der Waals surface area contributed by atoms with Crippen LogP contribution >= 0.6 is 0 Å². The van der Waals surface area contributed by atoms with Crippen LogP contribution in [-0.2, 0) is 12.8 Å². The molecule has 0 aliphatic heterocycles. The Bertz CT molecular complexity index is 1220. The van der Waals surface area contributed by atoms with Gasteiger partial charge in [-0.15, -0.1) is 0 Å². The Kier molecular flexibility index (Phi) is 6.73. The highest BCUT2D eigenvalue weighted by Crippen LogP contribution is 2.25. The molecule has 2 heterocycles. The molecule has 4 aromatic rings. The number of Topliss-reactive ketones (excluding diaryl/α,β-unsaturated/α-hetero) is 1. The number of ketones is 1. The van der Waals surface area contributed by atoms with Crippen molar-refractivity contribution in [3.8, 4) is 11.4 Å². The molecular weight excluding hydrogens is 421 g/mol. The van der Waals surface area contributed by atoms with Gasteiger partial charge in [0.2, 0.25) is 5.95 Å². The summed E-state index contributed by atoms with van der Waals surface area (Å²) < 4.78 is 21.6. The SMILES string of the molecule is CCC(=O)c1cc(CCc2cnc(Nc3ccc(-n4cccn4)cc3)nc2)c(F)c(OC)c1. The molecule has 0 bridgehead atoms. The molecule has 0 saturated carbocycles. The molecule has 33 heavy (non-hydrogen) atoms. The normalized spacial score (nSPS) is 10.8. The standard InChI is InChI=1S/C25H24FN5O2/c1-3-22(32)19-13-18(24(26)23(14-19)33-2)6-5-17-15-27-25(28-16-17)30-20-7-9-21(10-8-20)31-12-4-11-29-31/h4,7-16H,3,5-6H2,1-2H3,(H,27,28,30). The average Bonchev–Trinajstić information content (AvgIpc) is 3.39. The summed E-state index contributed by atoms with van der Waals surface area (Å²) in [5, 5.41) is 7.37. The number of rotatable bonds is 9. The van der Waals surface area contributed by atoms with Crippen LogP contribution in [0.4, 0.5) is 16.0 Å². The predicted molar refractivity (Wildman–Crippen MR) is 124 cm³/mol. The van der Waals surface area contributed by atoms with E-state index in [0.717, 1.165) is 16.9 Å². The third kappa shape index (κ3) is 5.23. The van der Waals surface area contributed by atoms with E-state index in [1.807, 2.05) is 36.5 Å². The Hall–Kier alpha value is -4.07. The maximum absolute atomic E-state index is 14.7. The monoisotopic (exact) mass is 445 g/mol. The molecule has 0 amide bonds. The molecule has 7 nitrogen and oxygen atoms in total. The topological polar surface area (TPSA) is 81.9 Å². The Morgan fingerprint density at radius 2 is 1.88 bits per heavy atom. The first-order valence-corrected chi connectivity index (χ1v) is 10.6. The lowest BCUT2D eigenvalue weighted by molar-refractivity contribution is 0.0987. The number of hydrogen-bond acceptors (Lipinski definition) is 6. The predicted octanol–water partition coefficient (Wildman–Crippen LogP) is 4.93. The molecule has 0 unspecified atom stereocenters. The number of aryl methyl sites for hydroxylation is 2. The minimum absolute atomic E-state index is 0.0500. The average molecular weight is 445 g/mol. The third-order valence-corrected chi connectivity index (χ3v) is 5.26. The van der Waals surface area contributed by atoms with E-state index in [-0.39, 0.29) is 11.5 Å². The van der Waals surface area contributed by atoms with Crippen molar-refractivity contribution in [1.29, 1.82) is 0 Å². The van der Waals surface area contributed by atoms with Gasteiger partial charge in [0.15, 0.2) is 17.3 Å². The van der Waals surface area contributed by atoms with Crippen molar-refractivity contribution < 1.29 is 13.9 Å². The maximum atomic E-state index is 14.7. The zero-order valence-corrected chi connectivity index (χ0v) is 18.5. The van der Waals surface area contributed by atoms with E-state index in [0.29, 0.717) is 36.3 Å². The first-order valence-electron chi connectivity index (χ1n) is 10.6. The first kappa shape index (κ1) is 22.1. The van der Waals surface area contributed by atoms with E-state index < -0.39 is 5.82 Å². The number of nitrogens with one attached hydrogen (secondary N) is 1. The Labute approximate surface area is 191 Å². The van der Waals surface area contributed by atoms with Crippen LogP contribution in [0.2, 0.25) is 0 Å². The fraction of sp³-hybridized carbons (Fsp3) is 0.200. The zero-order chi connectivity index (χ0) is 23.2. The second kappa shape index (κ2) is 10.0. The van der Waals surface area contributed by atoms with Gasteiger partial charge in [-0.2, -0.15) is 5.10 Å². The van der Waals surface area contributed by atoms with Crippen LogP contribution < -0.4 is 10.1 Å². The van der Waals surface area contributed by atoms with Crippen LogP contribution in [0.15, 0.2) is 67.3 Å². The third-order valence-electron chi connectivity index (χ3n) is 5.26. The number of hydrogen-bond donors (Lipinski definition) is 1. The molecule has 8 heteroatoms. The van der Waals surface area contributed by atoms with E-state index in [9.17, 15) is 9.18 Å². The molecule has 0 aliphatic carbocycles. The number of methoxy groups -OCH3 is 1. The fourth-order valence-electron chi connectivity index (χ4n) is 3.43. The highest BCUT2D eigenvalue weighted by molar-refractivity contribution is 5.96. The highest BCUT2D eigenvalue weighted by atomic mass is 19.1. The maximum Gasteiger partial charge on any atom is 0.227 e. The smallest absolute Gasteiger partial charge is 0.227 e. The summed E-state index contributed by atoms with van der Waals surface area (Å²) in [5.74, 6) is 0.0570. The van der Waals surface area contributed by atoms with E-state index >= 15 is 0 Å². The van der Waals surface area contributed by atoms with Gasteiger partial charge in [-0.1, -0.05) is 6.92 Å². The molecule has 168 valence electrons. The second-order valence-corrected chi connectivity index (χ2v) is 7.47. The molecule has 0 radical (unpaired) electrons. The Morgan fingerprint density at radius 1 is 1.12 bits per heavy atom. The molecule has 4 rings (SSSR count). The largest absolute Gasteiger partial charge is 0.494 e. The van der Waals surface area contributed by atoms with Gasteiger partial charge in [0.25, 0.3) is 0 Å². The Morgan fingerprint density at radius 3 is 2.52 bits per heavy atom. The van der Waals surface area contributed by atoms with Gasteiger partial charge in [-0.3, -0.25) is 4.79 Å². The van der Waals surface area contributed by atoms with Crippen LogP contribution in [0.5, 0.6) is 5.75 Å². The summed E-state index contributed by atoms with van der Waals surface area (Å²) in [5.41, 5.74) is 3.56. The van der Waals surface area contributed by atoms with Gasteiger partial charge in [-0.25, -0.2) is 19.0 Å². The molecule has 0 saturated heterocycles. The number of nitrogens with zero attached hydrogens (tertiary/aromatic N) is 4. The van der Waals surface area contributed by atoms with Gasteiger partial charge in [0.1, 0.15) is 0 Å². The van der Waals surface area contributed by atoms with Crippen molar-refractivity contribution in [1.82, 2.24) is 19.7 Å². The highest BCUT2D eigenvalue weighted by Gasteiger charge is 2.15. The number of halogens is 1. The fourth-order valence-corrected chi connectivity index (χ4v) is 3.43. The number of carbonyl (C=O) groups excluding carboxylic acids is 1. The summed E-state index contributed by atoms with van der Waals surface area (Å²) in [6.07, 6.45) is 8.31. The van der Waals surface area contributed by atoms with E-state index in [1.54, 1.807) is 36.3 Å². The lowest BCUT2D eigenvalue weighted by atomic mass is 10.00. The zero-order valence-electron chi connectivity index (χ0n) is 18.5. The van der Waals surface area contributed by atoms with Gasteiger partial charge < -0.3 is 10.1 Å². The molecule has 2 aromatic heterocycles. The van der Waals surface area contributed by atoms with Gasteiger partial charge >= 0.3 is 0 Å². The first-order chi connectivity index (χ1) is 16.1. The number of anilines is 2. The van der Waals surface area contributed by atoms with Crippen molar-refractivity contribution in [3.63, 3.8) is 0 Å². The van der Waals surface area contributed by atoms with Crippen molar-refractivity contribution >= 4 is 17.4 Å². The lowest BCUT2D eigenvalue weighted by Gasteiger charge is -2.11. The molecule has 0 fully saturated rings. The summed E-state index contributed by atoms with van der Waals surface area (Å²) in [6, 6.07) is 12.7. The summed E-state index contributed by atoms with van der Waals surface area (Å²) in [6.45, 7) is 1.78. The molecule has 2 aromatic carbocycles. The summed E-state index contributed by atoms with van der Waals surface area (Å²) >= 11 is 0. The summed E-state index contributed by atoms with van der Waals surface area (Å²) in [7, 11) is 1.40. The van der Waals surface area contributed by atoms with Crippen LogP contribution in [0.25, 0.3) is 5.69 Å². The van der Waals surface area contributed by atoms with E-state index in [1.165, 1.54) is 13.2 Å². The van der Waals surface area contributed by atoms with E-state index in [2.05, 4.69) is 20.4 Å². The molecule has 0 atom stereocenters. The number of carbonyl (C=O) groups is 1. The lowest BCUT2D eigenvalue weighted by Crippen LogP contribution is -2.04.